The molecule has 0 unspecified atom stereocenters. The molecule has 7 nitrogen and oxygen atoms in total. The fraction of sp³-hybridized carbons (Fsp3) is 0.143. The topological polar surface area (TPSA) is 88.5 Å². The molecule has 1 amide bonds. The smallest absolute Gasteiger partial charge is 0.251 e. The summed E-state index contributed by atoms with van der Waals surface area (Å²) in [5.41, 5.74) is 4.59. The number of aromatic nitrogens is 5. The highest BCUT2D eigenvalue weighted by Gasteiger charge is 2.15. The molecule has 0 aliphatic rings. The molecule has 0 aliphatic heterocycles. The van der Waals surface area contributed by atoms with E-state index >= 15 is 0 Å². The summed E-state index contributed by atoms with van der Waals surface area (Å²) in [6, 6.07) is 15.5. The van der Waals surface area contributed by atoms with Crippen molar-refractivity contribution in [3.63, 3.8) is 0 Å². The summed E-state index contributed by atoms with van der Waals surface area (Å²) >= 11 is 0. The van der Waals surface area contributed by atoms with Crippen LogP contribution in [-0.4, -0.2) is 31.1 Å². The first-order chi connectivity index (χ1) is 13.7. The van der Waals surface area contributed by atoms with E-state index in [0.717, 1.165) is 22.3 Å². The molecule has 4 aromatic rings. The van der Waals surface area contributed by atoms with E-state index in [1.807, 2.05) is 61.7 Å². The average molecular weight is 372 g/mol. The van der Waals surface area contributed by atoms with Crippen molar-refractivity contribution < 1.29 is 4.79 Å². The van der Waals surface area contributed by atoms with Crippen LogP contribution in [0.2, 0.25) is 0 Å². The van der Waals surface area contributed by atoms with Gasteiger partial charge in [-0.25, -0.2) is 4.68 Å². The number of hydrogen-bond donors (Lipinski definition) is 2. The van der Waals surface area contributed by atoms with Crippen LogP contribution < -0.4 is 5.32 Å². The van der Waals surface area contributed by atoms with Crippen LogP contribution in [0.15, 0.2) is 73.3 Å². The van der Waals surface area contributed by atoms with Crippen LogP contribution >= 0.6 is 0 Å². The largest absolute Gasteiger partial charge is 0.346 e. The van der Waals surface area contributed by atoms with E-state index in [9.17, 15) is 4.79 Å². The molecule has 2 N–H and O–H groups in total. The number of nitrogens with zero attached hydrogens (tertiary/aromatic N) is 4. The third kappa shape index (κ3) is 3.83. The Morgan fingerprint density at radius 2 is 2.07 bits per heavy atom. The van der Waals surface area contributed by atoms with Gasteiger partial charge in [-0.2, -0.15) is 5.10 Å². The zero-order valence-electron chi connectivity index (χ0n) is 15.4. The number of hydrogen-bond acceptors (Lipinski definition) is 4. The Labute approximate surface area is 162 Å². The van der Waals surface area contributed by atoms with E-state index in [4.69, 9.17) is 0 Å². The fourth-order valence-corrected chi connectivity index (χ4v) is 3.14. The predicted octanol–water partition coefficient (Wildman–Crippen LogP) is 3.21. The lowest BCUT2D eigenvalue weighted by Gasteiger charge is -2.16. The van der Waals surface area contributed by atoms with Crippen LogP contribution in [0.1, 0.15) is 34.5 Å². The molecule has 2 heterocycles. The maximum atomic E-state index is 12.8. The van der Waals surface area contributed by atoms with Crippen molar-refractivity contribution in [1.82, 2.24) is 30.5 Å². The molecule has 7 heteroatoms. The average Bonchev–Trinajstić information content (AvgIpc) is 3.43. The minimum absolute atomic E-state index is 0.0824. The summed E-state index contributed by atoms with van der Waals surface area (Å²) in [5, 5.41) is 17.8. The number of carbonyl (C=O) groups is 1. The number of aromatic amines is 1. The van der Waals surface area contributed by atoms with Gasteiger partial charge in [0.05, 0.1) is 25.0 Å². The van der Waals surface area contributed by atoms with Gasteiger partial charge in [0, 0.05) is 23.5 Å². The lowest BCUT2D eigenvalue weighted by Crippen LogP contribution is -2.26. The molecule has 2 aromatic heterocycles. The minimum Gasteiger partial charge on any atom is -0.346 e. The summed E-state index contributed by atoms with van der Waals surface area (Å²) in [7, 11) is 0. The molecular weight excluding hydrogens is 352 g/mol. The van der Waals surface area contributed by atoms with Gasteiger partial charge in [0.2, 0.25) is 0 Å². The zero-order chi connectivity index (χ0) is 19.3. The SMILES string of the molecule is C[C@@H](NC(=O)c1ccc(-c2cn[nH]c2)c(Cn2ccnn2)c1)c1ccccc1. The Morgan fingerprint density at radius 1 is 1.21 bits per heavy atom. The summed E-state index contributed by atoms with van der Waals surface area (Å²) in [6.07, 6.45) is 7.02. The Kier molecular flexibility index (Phi) is 4.97. The van der Waals surface area contributed by atoms with Gasteiger partial charge in [-0.05, 0) is 35.7 Å². The number of H-pyrrole nitrogens is 1. The Balaban J connectivity index is 1.61. The number of nitrogens with one attached hydrogen (secondary N) is 2. The van der Waals surface area contributed by atoms with Crippen LogP contribution in [0.3, 0.4) is 0 Å². The molecule has 0 aliphatic carbocycles. The highest BCUT2D eigenvalue weighted by Crippen LogP contribution is 2.25. The van der Waals surface area contributed by atoms with E-state index < -0.39 is 0 Å². The van der Waals surface area contributed by atoms with E-state index in [2.05, 4.69) is 25.8 Å². The first-order valence-electron chi connectivity index (χ1n) is 9.02. The molecular formula is C21H20N6O. The molecule has 4 rings (SSSR count). The third-order valence-corrected chi connectivity index (χ3v) is 4.63. The van der Waals surface area contributed by atoms with Gasteiger partial charge >= 0.3 is 0 Å². The van der Waals surface area contributed by atoms with E-state index in [1.54, 1.807) is 23.3 Å². The van der Waals surface area contributed by atoms with Crippen molar-refractivity contribution in [3.8, 4) is 11.1 Å². The second kappa shape index (κ2) is 7.87. The van der Waals surface area contributed by atoms with Gasteiger partial charge in [0.1, 0.15) is 0 Å². The highest BCUT2D eigenvalue weighted by atomic mass is 16.1. The molecule has 0 spiro atoms. The molecule has 1 atom stereocenters. The molecule has 0 radical (unpaired) electrons. The highest BCUT2D eigenvalue weighted by molar-refractivity contribution is 5.95. The van der Waals surface area contributed by atoms with Crippen molar-refractivity contribution >= 4 is 5.91 Å². The number of amides is 1. The molecule has 28 heavy (non-hydrogen) atoms. The van der Waals surface area contributed by atoms with Crippen molar-refractivity contribution in [3.05, 3.63) is 90.0 Å². The van der Waals surface area contributed by atoms with Crippen LogP contribution in [-0.2, 0) is 6.54 Å². The van der Waals surface area contributed by atoms with E-state index in [0.29, 0.717) is 12.1 Å². The van der Waals surface area contributed by atoms with Gasteiger partial charge in [-0.1, -0.05) is 41.6 Å². The number of carbonyl (C=O) groups excluding carboxylic acids is 1. The van der Waals surface area contributed by atoms with E-state index in [-0.39, 0.29) is 11.9 Å². The summed E-state index contributed by atoms with van der Waals surface area (Å²) < 4.78 is 1.73. The van der Waals surface area contributed by atoms with Crippen LogP contribution in [0.25, 0.3) is 11.1 Å². The van der Waals surface area contributed by atoms with Gasteiger partial charge < -0.3 is 5.32 Å². The van der Waals surface area contributed by atoms with Crippen molar-refractivity contribution in [2.24, 2.45) is 0 Å². The fourth-order valence-electron chi connectivity index (χ4n) is 3.14. The predicted molar refractivity (Wildman–Crippen MR) is 105 cm³/mol. The lowest BCUT2D eigenvalue weighted by molar-refractivity contribution is 0.0940. The zero-order valence-corrected chi connectivity index (χ0v) is 15.4. The maximum absolute atomic E-state index is 12.8. The van der Waals surface area contributed by atoms with Gasteiger partial charge in [-0.3, -0.25) is 9.89 Å². The number of rotatable bonds is 6. The van der Waals surface area contributed by atoms with Gasteiger partial charge in [0.25, 0.3) is 5.91 Å². The van der Waals surface area contributed by atoms with E-state index in [1.165, 1.54) is 0 Å². The maximum Gasteiger partial charge on any atom is 0.251 e. The molecule has 0 bridgehead atoms. The van der Waals surface area contributed by atoms with Gasteiger partial charge in [0.15, 0.2) is 0 Å². The second-order valence-corrected chi connectivity index (χ2v) is 6.57. The molecule has 0 saturated heterocycles. The minimum atomic E-state index is -0.116. The molecule has 0 fully saturated rings. The molecule has 0 saturated carbocycles. The lowest BCUT2D eigenvalue weighted by atomic mass is 9.99. The van der Waals surface area contributed by atoms with Crippen LogP contribution in [0.4, 0.5) is 0 Å². The standard InChI is InChI=1S/C21H20N6O/c1-15(16-5-3-2-4-6-16)25-21(28)17-7-8-20(19-12-23-24-13-19)18(11-17)14-27-10-9-22-26-27/h2-13,15H,14H2,1H3,(H,23,24)(H,25,28)/t15-/m1/s1. The summed E-state index contributed by atoms with van der Waals surface area (Å²) in [5.74, 6) is -0.116. The number of benzene rings is 2. The first kappa shape index (κ1) is 17.7. The third-order valence-electron chi connectivity index (χ3n) is 4.63. The summed E-state index contributed by atoms with van der Waals surface area (Å²) in [4.78, 5) is 12.8. The Morgan fingerprint density at radius 3 is 2.79 bits per heavy atom. The quantitative estimate of drug-likeness (QED) is 0.544. The first-order valence-corrected chi connectivity index (χ1v) is 9.02. The van der Waals surface area contributed by atoms with Crippen molar-refractivity contribution in [2.75, 3.05) is 0 Å². The normalized spacial score (nSPS) is 11.9. The van der Waals surface area contributed by atoms with Crippen LogP contribution in [0, 0.1) is 0 Å². The molecule has 2 aromatic carbocycles. The van der Waals surface area contributed by atoms with Crippen molar-refractivity contribution in [2.45, 2.75) is 19.5 Å². The Hall–Kier alpha value is -3.74. The van der Waals surface area contributed by atoms with Crippen LogP contribution in [0.5, 0.6) is 0 Å². The summed E-state index contributed by atoms with van der Waals surface area (Å²) in [6.45, 7) is 2.49. The van der Waals surface area contributed by atoms with Gasteiger partial charge in [-0.15, -0.1) is 5.10 Å². The van der Waals surface area contributed by atoms with Crippen molar-refractivity contribution in [1.29, 1.82) is 0 Å². The monoisotopic (exact) mass is 372 g/mol. The Bertz CT molecular complexity index is 1040. The second-order valence-electron chi connectivity index (χ2n) is 6.57. The molecule has 140 valence electrons.